The second-order valence-electron chi connectivity index (χ2n) is 7.66. The van der Waals surface area contributed by atoms with Gasteiger partial charge >= 0.3 is 0 Å². The highest BCUT2D eigenvalue weighted by molar-refractivity contribution is 5.92. The predicted molar refractivity (Wildman–Crippen MR) is 104 cm³/mol. The van der Waals surface area contributed by atoms with Gasteiger partial charge in [0.05, 0.1) is 25.3 Å². The molecule has 0 bridgehead atoms. The molecule has 154 valence electrons. The molecule has 2 saturated heterocycles. The number of hydrogen-bond acceptors (Lipinski definition) is 5. The second kappa shape index (κ2) is 9.45. The van der Waals surface area contributed by atoms with E-state index in [0.717, 1.165) is 13.1 Å². The van der Waals surface area contributed by atoms with E-state index < -0.39 is 0 Å². The van der Waals surface area contributed by atoms with E-state index in [2.05, 4.69) is 10.2 Å². The van der Waals surface area contributed by atoms with Crippen LogP contribution in [0.15, 0.2) is 24.3 Å². The average Bonchev–Trinajstić information content (AvgIpc) is 2.63. The number of anilines is 1. The normalized spacial score (nSPS) is 24.2. The zero-order chi connectivity index (χ0) is 20.1. The third kappa shape index (κ3) is 5.98. The fourth-order valence-electron chi connectivity index (χ4n) is 3.80. The van der Waals surface area contributed by atoms with Gasteiger partial charge in [0.2, 0.25) is 11.8 Å². The number of hydrogen-bond donors (Lipinski definition) is 1. The summed E-state index contributed by atoms with van der Waals surface area (Å²) in [6, 6.07) is 5.71. The first-order valence-electron chi connectivity index (χ1n) is 9.82. The van der Waals surface area contributed by atoms with Crippen LogP contribution in [0.4, 0.5) is 10.1 Å². The first kappa shape index (κ1) is 20.7. The number of nitrogens with zero attached hydrogens (tertiary/aromatic N) is 3. The van der Waals surface area contributed by atoms with Gasteiger partial charge in [-0.1, -0.05) is 0 Å². The number of benzene rings is 1. The maximum Gasteiger partial charge on any atom is 0.238 e. The van der Waals surface area contributed by atoms with E-state index in [1.165, 1.54) is 24.3 Å². The number of rotatable bonds is 5. The lowest BCUT2D eigenvalue weighted by atomic mass is 10.2. The number of carbonyl (C=O) groups excluding carboxylic acids is 2. The van der Waals surface area contributed by atoms with Crippen molar-refractivity contribution in [1.29, 1.82) is 0 Å². The number of ether oxygens (including phenoxy) is 1. The zero-order valence-corrected chi connectivity index (χ0v) is 16.6. The molecule has 8 heteroatoms. The maximum atomic E-state index is 12.9. The summed E-state index contributed by atoms with van der Waals surface area (Å²) in [5.41, 5.74) is 0.578. The van der Waals surface area contributed by atoms with E-state index in [-0.39, 0.29) is 36.4 Å². The summed E-state index contributed by atoms with van der Waals surface area (Å²) in [5.74, 6) is -0.334. The van der Waals surface area contributed by atoms with Crippen LogP contribution in [0.25, 0.3) is 0 Å². The number of carbonyl (C=O) groups is 2. The van der Waals surface area contributed by atoms with Crippen molar-refractivity contribution < 1.29 is 18.7 Å². The van der Waals surface area contributed by atoms with Crippen molar-refractivity contribution in [3.05, 3.63) is 30.1 Å². The fraction of sp³-hybridized carbons (Fsp3) is 0.600. The highest BCUT2D eigenvalue weighted by atomic mass is 19.1. The van der Waals surface area contributed by atoms with Crippen molar-refractivity contribution in [3.8, 4) is 0 Å². The van der Waals surface area contributed by atoms with Gasteiger partial charge in [0.25, 0.3) is 0 Å². The lowest BCUT2D eigenvalue weighted by Crippen LogP contribution is -2.54. The molecule has 0 aliphatic carbocycles. The Morgan fingerprint density at radius 2 is 1.61 bits per heavy atom. The van der Waals surface area contributed by atoms with Gasteiger partial charge in [-0.25, -0.2) is 4.39 Å². The van der Waals surface area contributed by atoms with Crippen LogP contribution < -0.4 is 5.32 Å². The first-order valence-corrected chi connectivity index (χ1v) is 9.82. The monoisotopic (exact) mass is 392 g/mol. The SMILES string of the molecule is C[C@@H]1CN(CC(=O)N2CCN(CC(=O)Nc3ccc(F)cc3)CC2)C[C@H](C)O1. The highest BCUT2D eigenvalue weighted by Crippen LogP contribution is 2.12. The van der Waals surface area contributed by atoms with E-state index in [4.69, 9.17) is 4.74 Å². The van der Waals surface area contributed by atoms with E-state index in [1.807, 2.05) is 23.6 Å². The van der Waals surface area contributed by atoms with Crippen LogP contribution in [0, 0.1) is 5.82 Å². The van der Waals surface area contributed by atoms with Crippen LogP contribution >= 0.6 is 0 Å². The minimum absolute atomic E-state index is 0.136. The molecule has 0 aromatic heterocycles. The molecule has 1 N–H and O–H groups in total. The largest absolute Gasteiger partial charge is 0.373 e. The summed E-state index contributed by atoms with van der Waals surface area (Å²) >= 11 is 0. The molecule has 0 unspecified atom stereocenters. The Bertz CT molecular complexity index is 667. The van der Waals surface area contributed by atoms with Crippen molar-refractivity contribution >= 4 is 17.5 Å². The Morgan fingerprint density at radius 1 is 1.00 bits per heavy atom. The Labute approximate surface area is 165 Å². The van der Waals surface area contributed by atoms with Gasteiger partial charge in [0, 0.05) is 45.0 Å². The molecule has 7 nitrogen and oxygen atoms in total. The summed E-state index contributed by atoms with van der Waals surface area (Å²) < 4.78 is 18.6. The third-order valence-corrected chi connectivity index (χ3v) is 5.07. The number of morpholine rings is 1. The van der Waals surface area contributed by atoms with Crippen LogP contribution in [-0.2, 0) is 14.3 Å². The molecule has 0 saturated carbocycles. The fourth-order valence-corrected chi connectivity index (χ4v) is 3.80. The predicted octanol–water partition coefficient (Wildman–Crippen LogP) is 1.02. The molecule has 1 aromatic rings. The number of piperazine rings is 1. The summed E-state index contributed by atoms with van der Waals surface area (Å²) in [6.07, 6.45) is 0.293. The van der Waals surface area contributed by atoms with Gasteiger partial charge < -0.3 is 15.0 Å². The molecule has 0 radical (unpaired) electrons. The van der Waals surface area contributed by atoms with E-state index >= 15 is 0 Å². The van der Waals surface area contributed by atoms with Gasteiger partial charge in [-0.15, -0.1) is 0 Å². The third-order valence-electron chi connectivity index (χ3n) is 5.07. The molecule has 2 atom stereocenters. The molecule has 2 heterocycles. The van der Waals surface area contributed by atoms with E-state index in [9.17, 15) is 14.0 Å². The van der Waals surface area contributed by atoms with Crippen LogP contribution in [0.2, 0.25) is 0 Å². The number of amides is 2. The van der Waals surface area contributed by atoms with Crippen molar-refractivity contribution in [2.45, 2.75) is 26.1 Å². The molecule has 2 aliphatic rings. The molecular formula is C20H29FN4O3. The maximum absolute atomic E-state index is 12.9. The van der Waals surface area contributed by atoms with Gasteiger partial charge in [0.1, 0.15) is 5.82 Å². The molecule has 2 aliphatic heterocycles. The summed E-state index contributed by atoms with van der Waals surface area (Å²) in [5, 5.41) is 2.77. The number of nitrogens with one attached hydrogen (secondary N) is 1. The number of halogens is 1. The molecule has 28 heavy (non-hydrogen) atoms. The molecule has 2 amide bonds. The van der Waals surface area contributed by atoms with Gasteiger partial charge in [-0.3, -0.25) is 19.4 Å². The molecular weight excluding hydrogens is 363 g/mol. The summed E-state index contributed by atoms with van der Waals surface area (Å²) in [7, 11) is 0. The van der Waals surface area contributed by atoms with Crippen molar-refractivity contribution in [1.82, 2.24) is 14.7 Å². The minimum Gasteiger partial charge on any atom is -0.373 e. The Hall–Kier alpha value is -2.03. The average molecular weight is 392 g/mol. The quantitative estimate of drug-likeness (QED) is 0.811. The zero-order valence-electron chi connectivity index (χ0n) is 16.6. The van der Waals surface area contributed by atoms with Gasteiger partial charge in [0.15, 0.2) is 0 Å². The highest BCUT2D eigenvalue weighted by Gasteiger charge is 2.27. The van der Waals surface area contributed by atoms with E-state index in [1.54, 1.807) is 0 Å². The standard InChI is InChI=1S/C20H29FN4O3/c1-15-11-24(12-16(2)28-15)14-20(27)25-9-7-23(8-10-25)13-19(26)22-18-5-3-17(21)4-6-18/h3-6,15-16H,7-14H2,1-2H3,(H,22,26)/t15-,16+. The van der Waals surface area contributed by atoms with Crippen LogP contribution in [-0.4, -0.2) is 91.1 Å². The lowest BCUT2D eigenvalue weighted by Gasteiger charge is -2.38. The first-order chi connectivity index (χ1) is 13.4. The summed E-state index contributed by atoms with van der Waals surface area (Å²) in [4.78, 5) is 30.8. The van der Waals surface area contributed by atoms with Gasteiger partial charge in [-0.05, 0) is 38.1 Å². The Kier molecular flexibility index (Phi) is 6.98. The van der Waals surface area contributed by atoms with E-state index in [0.29, 0.717) is 38.4 Å². The topological polar surface area (TPSA) is 65.1 Å². The van der Waals surface area contributed by atoms with Gasteiger partial charge in [-0.2, -0.15) is 0 Å². The molecule has 0 spiro atoms. The van der Waals surface area contributed by atoms with Crippen molar-refractivity contribution in [3.63, 3.8) is 0 Å². The van der Waals surface area contributed by atoms with Crippen LogP contribution in [0.3, 0.4) is 0 Å². The second-order valence-corrected chi connectivity index (χ2v) is 7.66. The van der Waals surface area contributed by atoms with Crippen LogP contribution in [0.1, 0.15) is 13.8 Å². The Balaban J connectivity index is 1.39. The molecule has 2 fully saturated rings. The van der Waals surface area contributed by atoms with Crippen molar-refractivity contribution in [2.75, 3.05) is 57.7 Å². The smallest absolute Gasteiger partial charge is 0.238 e. The lowest BCUT2D eigenvalue weighted by molar-refractivity contribution is -0.137. The Morgan fingerprint density at radius 3 is 2.21 bits per heavy atom. The molecule has 3 rings (SSSR count). The summed E-state index contributed by atoms with van der Waals surface area (Å²) in [6.45, 7) is 8.87. The van der Waals surface area contributed by atoms with Crippen molar-refractivity contribution in [2.24, 2.45) is 0 Å². The van der Waals surface area contributed by atoms with Crippen LogP contribution in [0.5, 0.6) is 0 Å². The minimum atomic E-state index is -0.334. The molecule has 1 aromatic carbocycles.